The standard InChI is InChI=1S/C16H16N2O3/c17-9-11-5-1-2-6-12(11)18-16(19)15-10-20-13-7-3-4-8-14(13)21-15/h1-8,15H,9-10,17H2,(H,18,19). The lowest BCUT2D eigenvalue weighted by molar-refractivity contribution is -0.125. The molecule has 1 amide bonds. The molecule has 0 bridgehead atoms. The van der Waals surface area contributed by atoms with Crippen LogP contribution in [0.25, 0.3) is 0 Å². The van der Waals surface area contributed by atoms with Gasteiger partial charge in [-0.2, -0.15) is 0 Å². The van der Waals surface area contributed by atoms with Gasteiger partial charge in [0.25, 0.3) is 5.91 Å². The number of hydrogen-bond donors (Lipinski definition) is 2. The first-order valence-electron chi connectivity index (χ1n) is 6.75. The fourth-order valence-electron chi connectivity index (χ4n) is 2.18. The van der Waals surface area contributed by atoms with Crippen LogP contribution in [0.1, 0.15) is 5.56 Å². The van der Waals surface area contributed by atoms with Gasteiger partial charge in [-0.1, -0.05) is 30.3 Å². The van der Waals surface area contributed by atoms with Gasteiger partial charge in [-0.05, 0) is 23.8 Å². The molecular formula is C16H16N2O3. The fourth-order valence-corrected chi connectivity index (χ4v) is 2.18. The first-order chi connectivity index (χ1) is 10.3. The summed E-state index contributed by atoms with van der Waals surface area (Å²) in [6, 6.07) is 14.7. The summed E-state index contributed by atoms with van der Waals surface area (Å²) in [6.07, 6.45) is -0.675. The van der Waals surface area contributed by atoms with Crippen molar-refractivity contribution in [2.24, 2.45) is 5.73 Å². The van der Waals surface area contributed by atoms with Crippen LogP contribution in [0.4, 0.5) is 5.69 Å². The maximum absolute atomic E-state index is 12.3. The summed E-state index contributed by atoms with van der Waals surface area (Å²) in [4.78, 5) is 12.3. The number of anilines is 1. The van der Waals surface area contributed by atoms with Gasteiger partial charge in [0.05, 0.1) is 0 Å². The highest BCUT2D eigenvalue weighted by molar-refractivity contribution is 5.95. The Labute approximate surface area is 122 Å². The van der Waals surface area contributed by atoms with Gasteiger partial charge in [0.2, 0.25) is 6.10 Å². The van der Waals surface area contributed by atoms with E-state index in [0.29, 0.717) is 23.7 Å². The number of para-hydroxylation sites is 3. The lowest BCUT2D eigenvalue weighted by Crippen LogP contribution is -2.40. The van der Waals surface area contributed by atoms with Gasteiger partial charge >= 0.3 is 0 Å². The van der Waals surface area contributed by atoms with Crippen LogP contribution in [-0.2, 0) is 11.3 Å². The highest BCUT2D eigenvalue weighted by Crippen LogP contribution is 2.31. The Bertz CT molecular complexity index is 657. The summed E-state index contributed by atoms with van der Waals surface area (Å²) in [5.41, 5.74) is 7.24. The molecule has 0 aliphatic carbocycles. The number of rotatable bonds is 3. The molecule has 1 unspecified atom stereocenters. The average Bonchev–Trinajstić information content (AvgIpc) is 2.55. The monoisotopic (exact) mass is 284 g/mol. The zero-order valence-electron chi connectivity index (χ0n) is 11.4. The Morgan fingerprint density at radius 2 is 1.86 bits per heavy atom. The molecule has 1 aliphatic rings. The SMILES string of the molecule is NCc1ccccc1NC(=O)C1COc2ccccc2O1. The summed E-state index contributed by atoms with van der Waals surface area (Å²) >= 11 is 0. The molecule has 0 fully saturated rings. The van der Waals surface area contributed by atoms with E-state index in [0.717, 1.165) is 5.56 Å². The lowest BCUT2D eigenvalue weighted by atomic mass is 10.1. The van der Waals surface area contributed by atoms with Crippen molar-refractivity contribution in [3.63, 3.8) is 0 Å². The quantitative estimate of drug-likeness (QED) is 0.903. The minimum Gasteiger partial charge on any atom is -0.485 e. The van der Waals surface area contributed by atoms with Gasteiger partial charge in [-0.3, -0.25) is 4.79 Å². The molecule has 5 nitrogen and oxygen atoms in total. The van der Waals surface area contributed by atoms with Crippen LogP contribution in [0.2, 0.25) is 0 Å². The number of hydrogen-bond acceptors (Lipinski definition) is 4. The van der Waals surface area contributed by atoms with E-state index in [9.17, 15) is 4.79 Å². The largest absolute Gasteiger partial charge is 0.485 e. The third-order valence-corrected chi connectivity index (χ3v) is 3.30. The van der Waals surface area contributed by atoms with Crippen molar-refractivity contribution in [3.8, 4) is 11.5 Å². The van der Waals surface area contributed by atoms with Gasteiger partial charge in [0, 0.05) is 12.2 Å². The molecular weight excluding hydrogens is 268 g/mol. The molecule has 3 rings (SSSR count). The Kier molecular flexibility index (Phi) is 3.75. The number of carbonyl (C=O) groups excluding carboxylic acids is 1. The molecule has 3 N–H and O–H groups in total. The normalized spacial score (nSPS) is 16.3. The second-order valence-corrected chi connectivity index (χ2v) is 4.71. The molecule has 0 radical (unpaired) electrons. The van der Waals surface area contributed by atoms with E-state index in [1.54, 1.807) is 6.07 Å². The molecule has 1 aliphatic heterocycles. The third-order valence-electron chi connectivity index (χ3n) is 3.30. The number of amides is 1. The predicted octanol–water partition coefficient (Wildman–Crippen LogP) is 1.92. The summed E-state index contributed by atoms with van der Waals surface area (Å²) in [5, 5.41) is 2.84. The topological polar surface area (TPSA) is 73.6 Å². The number of fused-ring (bicyclic) bond motifs is 1. The van der Waals surface area contributed by atoms with E-state index < -0.39 is 6.10 Å². The molecule has 0 saturated heterocycles. The predicted molar refractivity (Wildman–Crippen MR) is 79.3 cm³/mol. The third kappa shape index (κ3) is 2.83. The van der Waals surface area contributed by atoms with Crippen molar-refractivity contribution >= 4 is 11.6 Å². The van der Waals surface area contributed by atoms with Crippen LogP contribution < -0.4 is 20.5 Å². The minimum atomic E-state index is -0.675. The van der Waals surface area contributed by atoms with E-state index in [2.05, 4.69) is 5.32 Å². The number of benzene rings is 2. The molecule has 0 saturated carbocycles. The van der Waals surface area contributed by atoms with E-state index in [1.165, 1.54) is 0 Å². The Morgan fingerprint density at radius 3 is 2.67 bits per heavy atom. The highest BCUT2D eigenvalue weighted by atomic mass is 16.6. The number of carbonyl (C=O) groups is 1. The number of nitrogens with one attached hydrogen (secondary N) is 1. The van der Waals surface area contributed by atoms with Gasteiger partial charge in [0.15, 0.2) is 11.5 Å². The molecule has 2 aromatic rings. The number of ether oxygens (including phenoxy) is 2. The zero-order chi connectivity index (χ0) is 14.7. The van der Waals surface area contributed by atoms with Crippen LogP contribution in [-0.4, -0.2) is 18.6 Å². The van der Waals surface area contributed by atoms with Gasteiger partial charge in [-0.25, -0.2) is 0 Å². The minimum absolute atomic E-state index is 0.188. The summed E-state index contributed by atoms with van der Waals surface area (Å²) < 4.78 is 11.2. The van der Waals surface area contributed by atoms with Crippen LogP contribution in [0.3, 0.4) is 0 Å². The molecule has 2 aromatic carbocycles. The van der Waals surface area contributed by atoms with Gasteiger partial charge in [-0.15, -0.1) is 0 Å². The second kappa shape index (κ2) is 5.85. The average molecular weight is 284 g/mol. The molecule has 1 heterocycles. The van der Waals surface area contributed by atoms with E-state index >= 15 is 0 Å². The van der Waals surface area contributed by atoms with Crippen LogP contribution >= 0.6 is 0 Å². The van der Waals surface area contributed by atoms with E-state index in [1.807, 2.05) is 42.5 Å². The first kappa shape index (κ1) is 13.5. The van der Waals surface area contributed by atoms with Gasteiger partial charge in [0.1, 0.15) is 6.61 Å². The van der Waals surface area contributed by atoms with Crippen molar-refractivity contribution in [2.45, 2.75) is 12.6 Å². The molecule has 1 atom stereocenters. The van der Waals surface area contributed by atoms with Crippen molar-refractivity contribution < 1.29 is 14.3 Å². The molecule has 108 valence electrons. The lowest BCUT2D eigenvalue weighted by Gasteiger charge is -2.25. The fraction of sp³-hybridized carbons (Fsp3) is 0.188. The summed E-state index contributed by atoms with van der Waals surface area (Å²) in [7, 11) is 0. The highest BCUT2D eigenvalue weighted by Gasteiger charge is 2.27. The van der Waals surface area contributed by atoms with Gasteiger partial charge < -0.3 is 20.5 Å². The van der Waals surface area contributed by atoms with Crippen LogP contribution in [0.15, 0.2) is 48.5 Å². The van der Waals surface area contributed by atoms with Crippen molar-refractivity contribution in [1.82, 2.24) is 0 Å². The Morgan fingerprint density at radius 1 is 1.14 bits per heavy atom. The maximum atomic E-state index is 12.3. The molecule has 0 aromatic heterocycles. The Balaban J connectivity index is 1.72. The molecule has 0 spiro atoms. The van der Waals surface area contributed by atoms with Crippen molar-refractivity contribution in [2.75, 3.05) is 11.9 Å². The van der Waals surface area contributed by atoms with Crippen molar-refractivity contribution in [3.05, 3.63) is 54.1 Å². The summed E-state index contributed by atoms with van der Waals surface area (Å²) in [6.45, 7) is 0.551. The molecule has 21 heavy (non-hydrogen) atoms. The first-order valence-corrected chi connectivity index (χ1v) is 6.75. The van der Waals surface area contributed by atoms with Crippen LogP contribution in [0.5, 0.6) is 11.5 Å². The van der Waals surface area contributed by atoms with E-state index in [4.69, 9.17) is 15.2 Å². The Hall–Kier alpha value is -2.53. The zero-order valence-corrected chi connectivity index (χ0v) is 11.4. The number of nitrogens with two attached hydrogens (primary N) is 1. The van der Waals surface area contributed by atoms with E-state index in [-0.39, 0.29) is 12.5 Å². The molecule has 5 heteroatoms. The second-order valence-electron chi connectivity index (χ2n) is 4.71. The maximum Gasteiger partial charge on any atom is 0.269 e. The van der Waals surface area contributed by atoms with Crippen LogP contribution in [0, 0.1) is 0 Å². The van der Waals surface area contributed by atoms with Crippen molar-refractivity contribution in [1.29, 1.82) is 0 Å². The summed E-state index contributed by atoms with van der Waals surface area (Å²) in [5.74, 6) is 0.991. The smallest absolute Gasteiger partial charge is 0.269 e.